The van der Waals surface area contributed by atoms with Gasteiger partial charge in [-0.05, 0) is 25.7 Å². The number of hydrogen-bond donors (Lipinski definition) is 0. The first-order chi connectivity index (χ1) is 6.08. The van der Waals surface area contributed by atoms with Crippen LogP contribution in [0.4, 0.5) is 0 Å². The van der Waals surface area contributed by atoms with Gasteiger partial charge in [-0.15, -0.1) is 0 Å². The highest BCUT2D eigenvalue weighted by molar-refractivity contribution is 8.28. The van der Waals surface area contributed by atoms with E-state index in [0.717, 1.165) is 6.54 Å². The van der Waals surface area contributed by atoms with Crippen LogP contribution in [0, 0.1) is 0 Å². The summed E-state index contributed by atoms with van der Waals surface area (Å²) in [4.78, 5) is 4.64. The SMILES string of the molecule is C[Si](C)(C)SCCN=C1CCCC1. The Hall–Kier alpha value is 0.237. The molecule has 1 fully saturated rings. The fraction of sp³-hybridized carbons (Fsp3) is 0.900. The quantitative estimate of drug-likeness (QED) is 0.516. The van der Waals surface area contributed by atoms with Crippen LogP contribution in [0.15, 0.2) is 4.99 Å². The van der Waals surface area contributed by atoms with Crippen LogP contribution >= 0.6 is 11.2 Å². The van der Waals surface area contributed by atoms with Gasteiger partial charge in [0.2, 0.25) is 0 Å². The van der Waals surface area contributed by atoms with E-state index in [9.17, 15) is 0 Å². The second-order valence-corrected chi connectivity index (χ2v) is 14.1. The van der Waals surface area contributed by atoms with Crippen LogP contribution in [-0.2, 0) is 0 Å². The smallest absolute Gasteiger partial charge is 0.108 e. The highest BCUT2D eigenvalue weighted by Crippen LogP contribution is 2.19. The Labute approximate surface area is 87.1 Å². The summed E-state index contributed by atoms with van der Waals surface area (Å²) in [7, 11) is -0.887. The van der Waals surface area contributed by atoms with Crippen LogP contribution in [0.1, 0.15) is 25.7 Å². The molecule has 3 heteroatoms. The predicted octanol–water partition coefficient (Wildman–Crippen LogP) is 3.57. The first kappa shape index (κ1) is 11.3. The van der Waals surface area contributed by atoms with Gasteiger partial charge in [-0.3, -0.25) is 4.99 Å². The van der Waals surface area contributed by atoms with Crippen molar-refractivity contribution in [2.75, 3.05) is 12.3 Å². The number of rotatable bonds is 4. The summed E-state index contributed by atoms with van der Waals surface area (Å²) in [6.45, 7) is 8.27. The third-order valence-electron chi connectivity index (χ3n) is 2.14. The fourth-order valence-electron chi connectivity index (χ4n) is 1.50. The van der Waals surface area contributed by atoms with E-state index in [4.69, 9.17) is 0 Å². The molecule has 0 bridgehead atoms. The molecule has 1 nitrogen and oxygen atoms in total. The summed E-state index contributed by atoms with van der Waals surface area (Å²) in [5, 5.41) is 0. The Balaban J connectivity index is 2.09. The topological polar surface area (TPSA) is 12.4 Å². The van der Waals surface area contributed by atoms with Crippen LogP contribution in [-0.4, -0.2) is 25.2 Å². The zero-order valence-corrected chi connectivity index (χ0v) is 10.9. The van der Waals surface area contributed by atoms with Gasteiger partial charge in [-0.25, -0.2) is 0 Å². The molecular weight excluding hydrogens is 194 g/mol. The van der Waals surface area contributed by atoms with Crippen molar-refractivity contribution >= 4 is 24.1 Å². The molecule has 13 heavy (non-hydrogen) atoms. The first-order valence-electron chi connectivity index (χ1n) is 5.24. The first-order valence-corrected chi connectivity index (χ1v) is 10.5. The number of aliphatic imine (C=N–C) groups is 1. The lowest BCUT2D eigenvalue weighted by atomic mass is 10.3. The normalized spacial score (nSPS) is 17.9. The molecule has 0 N–H and O–H groups in total. The lowest BCUT2D eigenvalue weighted by Gasteiger charge is -2.13. The number of nitrogens with zero attached hydrogens (tertiary/aromatic N) is 1. The highest BCUT2D eigenvalue weighted by atomic mass is 32.4. The van der Waals surface area contributed by atoms with Gasteiger partial charge < -0.3 is 0 Å². The van der Waals surface area contributed by atoms with E-state index < -0.39 is 7.22 Å². The van der Waals surface area contributed by atoms with E-state index in [1.807, 2.05) is 0 Å². The van der Waals surface area contributed by atoms with Gasteiger partial charge >= 0.3 is 0 Å². The molecule has 1 saturated carbocycles. The Morgan fingerprint density at radius 1 is 1.23 bits per heavy atom. The lowest BCUT2D eigenvalue weighted by Crippen LogP contribution is -2.15. The van der Waals surface area contributed by atoms with Gasteiger partial charge in [0.25, 0.3) is 0 Å². The minimum atomic E-state index is -0.887. The van der Waals surface area contributed by atoms with Crippen molar-refractivity contribution in [3.05, 3.63) is 0 Å². The second-order valence-electron chi connectivity index (χ2n) is 4.62. The largest absolute Gasteiger partial charge is 0.293 e. The Kier molecular flexibility index (Phi) is 4.53. The van der Waals surface area contributed by atoms with Crippen LogP contribution in [0.2, 0.25) is 19.6 Å². The summed E-state index contributed by atoms with van der Waals surface area (Å²) in [5.41, 5.74) is 1.48. The van der Waals surface area contributed by atoms with E-state index in [1.54, 1.807) is 0 Å². The van der Waals surface area contributed by atoms with Crippen molar-refractivity contribution in [1.82, 2.24) is 0 Å². The third kappa shape index (κ3) is 5.52. The van der Waals surface area contributed by atoms with E-state index in [-0.39, 0.29) is 0 Å². The van der Waals surface area contributed by atoms with Crippen molar-refractivity contribution in [2.24, 2.45) is 4.99 Å². The van der Waals surface area contributed by atoms with E-state index >= 15 is 0 Å². The molecule has 1 aliphatic carbocycles. The molecule has 0 amide bonds. The zero-order valence-electron chi connectivity index (χ0n) is 9.10. The Morgan fingerprint density at radius 2 is 1.85 bits per heavy atom. The van der Waals surface area contributed by atoms with Crippen molar-refractivity contribution in [1.29, 1.82) is 0 Å². The van der Waals surface area contributed by atoms with Crippen LogP contribution in [0.5, 0.6) is 0 Å². The van der Waals surface area contributed by atoms with Gasteiger partial charge in [0, 0.05) is 18.0 Å². The summed E-state index contributed by atoms with van der Waals surface area (Å²) >= 11 is 2.15. The summed E-state index contributed by atoms with van der Waals surface area (Å²) in [5.74, 6) is 1.24. The maximum absolute atomic E-state index is 4.64. The molecule has 76 valence electrons. The molecule has 0 aromatic carbocycles. The molecule has 1 aliphatic rings. The van der Waals surface area contributed by atoms with Gasteiger partial charge in [-0.2, -0.15) is 11.2 Å². The summed E-state index contributed by atoms with van der Waals surface area (Å²) < 4.78 is 0. The highest BCUT2D eigenvalue weighted by Gasteiger charge is 2.12. The van der Waals surface area contributed by atoms with Crippen LogP contribution < -0.4 is 0 Å². The molecule has 0 heterocycles. The van der Waals surface area contributed by atoms with Crippen molar-refractivity contribution in [3.8, 4) is 0 Å². The van der Waals surface area contributed by atoms with Gasteiger partial charge in [0.15, 0.2) is 0 Å². The molecular formula is C10H21NSSi. The van der Waals surface area contributed by atoms with Crippen molar-refractivity contribution in [2.45, 2.75) is 45.3 Å². The van der Waals surface area contributed by atoms with Crippen molar-refractivity contribution in [3.63, 3.8) is 0 Å². The Bertz CT molecular complexity index is 176. The fourth-order valence-corrected chi connectivity index (χ4v) is 4.40. The summed E-state index contributed by atoms with van der Waals surface area (Å²) in [6.07, 6.45) is 5.30. The molecule has 0 spiro atoms. The van der Waals surface area contributed by atoms with E-state index in [2.05, 4.69) is 35.8 Å². The Morgan fingerprint density at radius 3 is 2.38 bits per heavy atom. The molecule has 0 saturated heterocycles. The van der Waals surface area contributed by atoms with Crippen LogP contribution in [0.25, 0.3) is 0 Å². The van der Waals surface area contributed by atoms with Gasteiger partial charge in [-0.1, -0.05) is 19.6 Å². The predicted molar refractivity (Wildman–Crippen MR) is 66.6 cm³/mol. The molecule has 0 radical (unpaired) electrons. The number of hydrogen-bond acceptors (Lipinski definition) is 2. The molecule has 0 atom stereocenters. The van der Waals surface area contributed by atoms with Crippen LogP contribution in [0.3, 0.4) is 0 Å². The maximum atomic E-state index is 4.64. The standard InChI is InChI=1S/C10H21NSSi/c1-13(2,3)12-9-8-11-10-6-4-5-7-10/h4-9H2,1-3H3. The van der Waals surface area contributed by atoms with Gasteiger partial charge in [0.1, 0.15) is 7.22 Å². The monoisotopic (exact) mass is 215 g/mol. The molecule has 0 aromatic heterocycles. The summed E-state index contributed by atoms with van der Waals surface area (Å²) in [6, 6.07) is 0. The van der Waals surface area contributed by atoms with E-state index in [0.29, 0.717) is 0 Å². The second kappa shape index (κ2) is 5.20. The zero-order chi connectivity index (χ0) is 9.73. The third-order valence-corrected chi connectivity index (χ3v) is 6.61. The minimum absolute atomic E-state index is 0.887. The van der Waals surface area contributed by atoms with Gasteiger partial charge in [0.05, 0.1) is 0 Å². The average molecular weight is 215 g/mol. The average Bonchev–Trinajstić information content (AvgIpc) is 2.48. The molecule has 0 aromatic rings. The maximum Gasteiger partial charge on any atom is 0.108 e. The molecule has 0 unspecified atom stereocenters. The molecule has 1 rings (SSSR count). The minimum Gasteiger partial charge on any atom is -0.293 e. The lowest BCUT2D eigenvalue weighted by molar-refractivity contribution is 0.886. The van der Waals surface area contributed by atoms with E-state index in [1.165, 1.54) is 37.1 Å². The molecule has 0 aliphatic heterocycles. The van der Waals surface area contributed by atoms with Crippen molar-refractivity contribution < 1.29 is 0 Å².